The number of hydroxylamine groups is 3. The van der Waals surface area contributed by atoms with Crippen molar-refractivity contribution in [2.45, 2.75) is 57.5 Å². The Labute approximate surface area is 143 Å². The van der Waals surface area contributed by atoms with Gasteiger partial charge in [0.25, 0.3) is 0 Å². The van der Waals surface area contributed by atoms with Crippen LogP contribution in [0, 0.1) is 17.0 Å². The molecule has 4 nitrogen and oxygen atoms in total. The number of hydrogen-bond acceptors (Lipinski definition) is 2. The summed E-state index contributed by atoms with van der Waals surface area (Å²) in [4.78, 5) is 0. The maximum atomic E-state index is 12.7. The van der Waals surface area contributed by atoms with Crippen LogP contribution in [0.15, 0.2) is 36.4 Å². The summed E-state index contributed by atoms with van der Waals surface area (Å²) >= 11 is 0. The minimum Gasteiger partial charge on any atom is -0.714 e. The molecule has 1 saturated carbocycles. The summed E-state index contributed by atoms with van der Waals surface area (Å²) < 4.78 is 0.884. The van der Waals surface area contributed by atoms with Crippen molar-refractivity contribution in [1.29, 1.82) is 0 Å². The second-order valence-electron chi connectivity index (χ2n) is 8.54. The smallest absolute Gasteiger partial charge is 0.316 e. The van der Waals surface area contributed by atoms with Crippen molar-refractivity contribution in [2.24, 2.45) is 11.8 Å². The molecule has 1 aromatic carbocycles. The van der Waals surface area contributed by atoms with Gasteiger partial charge in [0.2, 0.25) is 0 Å². The number of allylic oxidation sites excluding steroid dienone is 2. The Hall–Kier alpha value is -1.81. The van der Waals surface area contributed by atoms with Gasteiger partial charge >= 0.3 is 5.84 Å². The first-order chi connectivity index (χ1) is 11.2. The molecule has 2 aliphatic carbocycles. The molecule has 0 aromatic heterocycles. The molecule has 0 saturated heterocycles. The van der Waals surface area contributed by atoms with E-state index in [2.05, 4.69) is 24.3 Å². The summed E-state index contributed by atoms with van der Waals surface area (Å²) in [6.45, 7) is 7.31. The van der Waals surface area contributed by atoms with E-state index in [9.17, 15) is 10.4 Å². The van der Waals surface area contributed by atoms with Crippen molar-refractivity contribution < 1.29 is 9.95 Å². The average Bonchev–Trinajstić information content (AvgIpc) is 3.20. The van der Waals surface area contributed by atoms with Gasteiger partial charge in [0.15, 0.2) is 5.54 Å². The van der Waals surface area contributed by atoms with Crippen molar-refractivity contribution in [3.8, 4) is 0 Å². The van der Waals surface area contributed by atoms with Crippen LogP contribution in [0.5, 0.6) is 0 Å². The lowest BCUT2D eigenvalue weighted by molar-refractivity contribution is -0.539. The van der Waals surface area contributed by atoms with Gasteiger partial charge in [0.1, 0.15) is 5.54 Å². The van der Waals surface area contributed by atoms with Gasteiger partial charge in [-0.1, -0.05) is 29.3 Å². The highest BCUT2D eigenvalue weighted by Gasteiger charge is 2.59. The van der Waals surface area contributed by atoms with E-state index in [-0.39, 0.29) is 5.84 Å². The fourth-order valence-corrected chi connectivity index (χ4v) is 4.39. The highest BCUT2D eigenvalue weighted by atomic mass is 16.5. The SMILES string of the molecule is CC1(C)N([O])C(c2ccc(C3CC4C=CC3C4)cc2)=[N+]([O-])C1(C)C. The van der Waals surface area contributed by atoms with E-state index in [1.54, 1.807) is 0 Å². The van der Waals surface area contributed by atoms with Crippen molar-refractivity contribution >= 4 is 5.84 Å². The predicted octanol–water partition coefficient (Wildman–Crippen LogP) is 3.84. The van der Waals surface area contributed by atoms with Gasteiger partial charge in [-0.25, -0.2) is 0 Å². The first kappa shape index (κ1) is 15.7. The molecule has 0 N–H and O–H groups in total. The second kappa shape index (κ2) is 4.85. The van der Waals surface area contributed by atoms with Crippen LogP contribution < -0.4 is 0 Å². The average molecular weight is 325 g/mol. The normalized spacial score (nSPS) is 32.9. The van der Waals surface area contributed by atoms with E-state index >= 15 is 0 Å². The minimum atomic E-state index is -0.766. The zero-order valence-electron chi connectivity index (χ0n) is 14.8. The molecule has 127 valence electrons. The Morgan fingerprint density at radius 3 is 2.21 bits per heavy atom. The molecule has 0 amide bonds. The van der Waals surface area contributed by atoms with Gasteiger partial charge in [0.05, 0.1) is 5.56 Å². The van der Waals surface area contributed by atoms with Gasteiger partial charge in [-0.3, -0.25) is 4.74 Å². The van der Waals surface area contributed by atoms with Crippen molar-refractivity contribution in [3.05, 3.63) is 52.8 Å². The summed E-state index contributed by atoms with van der Waals surface area (Å²) in [5, 5.41) is 26.3. The van der Waals surface area contributed by atoms with E-state index in [1.165, 1.54) is 18.4 Å². The molecule has 4 heteroatoms. The second-order valence-corrected chi connectivity index (χ2v) is 8.54. The molecule has 24 heavy (non-hydrogen) atoms. The van der Waals surface area contributed by atoms with Crippen LogP contribution in [0.4, 0.5) is 0 Å². The van der Waals surface area contributed by atoms with Gasteiger partial charge in [0, 0.05) is 5.21 Å². The summed E-state index contributed by atoms with van der Waals surface area (Å²) in [5.74, 6) is 2.20. The van der Waals surface area contributed by atoms with Crippen molar-refractivity contribution in [2.75, 3.05) is 0 Å². The first-order valence-corrected chi connectivity index (χ1v) is 8.84. The largest absolute Gasteiger partial charge is 0.714 e. The molecule has 1 aliphatic heterocycles. The topological polar surface area (TPSA) is 49.2 Å². The van der Waals surface area contributed by atoms with Gasteiger partial charge in [-0.2, -0.15) is 0 Å². The maximum absolute atomic E-state index is 12.7. The number of nitrogens with zero attached hydrogens (tertiary/aromatic N) is 2. The minimum absolute atomic E-state index is 0.226. The third kappa shape index (κ3) is 1.92. The Morgan fingerprint density at radius 1 is 1.08 bits per heavy atom. The van der Waals surface area contributed by atoms with Gasteiger partial charge in [-0.15, -0.1) is 0 Å². The first-order valence-electron chi connectivity index (χ1n) is 8.84. The highest BCUT2D eigenvalue weighted by Crippen LogP contribution is 2.48. The number of amidine groups is 1. The molecular formula is C20H25N2O2. The third-order valence-corrected chi connectivity index (χ3v) is 6.77. The molecule has 1 heterocycles. The fourth-order valence-electron chi connectivity index (χ4n) is 4.39. The zero-order chi connectivity index (χ0) is 17.3. The monoisotopic (exact) mass is 325 g/mol. The lowest BCUT2D eigenvalue weighted by atomic mass is 9.84. The predicted molar refractivity (Wildman–Crippen MR) is 93.0 cm³/mol. The summed E-state index contributed by atoms with van der Waals surface area (Å²) in [6, 6.07) is 8.07. The lowest BCUT2D eigenvalue weighted by Crippen LogP contribution is -2.53. The van der Waals surface area contributed by atoms with Crippen LogP contribution in [0.1, 0.15) is 57.6 Å². The standard InChI is InChI=1S/C20H25N2O2/c1-19(2)20(3,4)22(24)18(21(19)23)15-9-7-14(8-10-15)17-12-13-5-6-16(17)11-13/h5-10,13,16-17H,11-12H2,1-4H3. The summed E-state index contributed by atoms with van der Waals surface area (Å²) in [5.41, 5.74) is 0.500. The van der Waals surface area contributed by atoms with E-state index < -0.39 is 11.1 Å². The van der Waals surface area contributed by atoms with E-state index in [0.29, 0.717) is 17.4 Å². The van der Waals surface area contributed by atoms with E-state index in [1.807, 2.05) is 39.8 Å². The Bertz CT molecular complexity index is 731. The number of hydrogen-bond donors (Lipinski definition) is 0. The quantitative estimate of drug-likeness (QED) is 0.471. The molecule has 1 radical (unpaired) electrons. The van der Waals surface area contributed by atoms with E-state index in [4.69, 9.17) is 0 Å². The Balaban J connectivity index is 1.66. The Kier molecular flexibility index (Phi) is 3.17. The fraction of sp³-hybridized carbons (Fsp3) is 0.550. The molecule has 1 fully saturated rings. The van der Waals surface area contributed by atoms with Crippen LogP contribution in [0.25, 0.3) is 0 Å². The van der Waals surface area contributed by atoms with Gasteiger partial charge < -0.3 is 5.21 Å². The highest BCUT2D eigenvalue weighted by molar-refractivity contribution is 5.96. The van der Waals surface area contributed by atoms with E-state index in [0.717, 1.165) is 15.7 Å². The van der Waals surface area contributed by atoms with Crippen LogP contribution in [-0.4, -0.2) is 26.7 Å². The molecule has 4 rings (SSSR count). The maximum Gasteiger partial charge on any atom is 0.316 e. The van der Waals surface area contributed by atoms with Crippen molar-refractivity contribution in [1.82, 2.24) is 5.06 Å². The summed E-state index contributed by atoms with van der Waals surface area (Å²) in [6.07, 6.45) is 7.19. The molecule has 2 bridgehead atoms. The summed E-state index contributed by atoms with van der Waals surface area (Å²) in [7, 11) is 0. The molecule has 1 aromatic rings. The Morgan fingerprint density at radius 2 is 1.75 bits per heavy atom. The molecular weight excluding hydrogens is 300 g/mol. The molecule has 3 unspecified atom stereocenters. The number of fused-ring (bicyclic) bond motifs is 2. The lowest BCUT2D eigenvalue weighted by Gasteiger charge is -2.32. The zero-order valence-corrected chi connectivity index (χ0v) is 14.8. The van der Waals surface area contributed by atoms with Crippen LogP contribution in [0.3, 0.4) is 0 Å². The number of rotatable bonds is 2. The van der Waals surface area contributed by atoms with Crippen LogP contribution in [-0.2, 0) is 5.21 Å². The number of benzene rings is 1. The van der Waals surface area contributed by atoms with Crippen molar-refractivity contribution in [3.63, 3.8) is 0 Å². The third-order valence-electron chi connectivity index (χ3n) is 6.77. The van der Waals surface area contributed by atoms with Gasteiger partial charge in [-0.05, 0) is 76.0 Å². The van der Waals surface area contributed by atoms with Crippen LogP contribution >= 0.6 is 0 Å². The van der Waals surface area contributed by atoms with Crippen LogP contribution in [0.2, 0.25) is 0 Å². The molecule has 0 spiro atoms. The molecule has 3 atom stereocenters. The molecule has 3 aliphatic rings.